The normalized spacial score (nSPS) is 12.6. The number of hydrogen-bond acceptors (Lipinski definition) is 4. The van der Waals surface area contributed by atoms with Crippen molar-refractivity contribution < 1.29 is 5.11 Å². The Morgan fingerprint density at radius 2 is 2.28 bits per heavy atom. The van der Waals surface area contributed by atoms with Crippen LogP contribution in [0, 0.1) is 6.92 Å². The second-order valence-corrected chi connectivity index (χ2v) is 5.69. The Morgan fingerprint density at radius 1 is 1.44 bits per heavy atom. The van der Waals surface area contributed by atoms with Crippen LogP contribution < -0.4 is 5.32 Å². The molecule has 1 aromatic heterocycles. The van der Waals surface area contributed by atoms with Gasteiger partial charge in [0.1, 0.15) is 5.01 Å². The van der Waals surface area contributed by atoms with Crippen LogP contribution in [0.2, 0.25) is 0 Å². The van der Waals surface area contributed by atoms with E-state index in [1.165, 1.54) is 10.4 Å². The van der Waals surface area contributed by atoms with Crippen molar-refractivity contribution in [2.24, 2.45) is 0 Å². The van der Waals surface area contributed by atoms with E-state index >= 15 is 0 Å². The van der Waals surface area contributed by atoms with E-state index in [9.17, 15) is 0 Å². The first-order chi connectivity index (χ1) is 8.69. The van der Waals surface area contributed by atoms with Crippen LogP contribution in [0.1, 0.15) is 34.0 Å². The van der Waals surface area contributed by atoms with Gasteiger partial charge in [0.25, 0.3) is 0 Å². The number of aliphatic hydroxyl groups excluding tert-OH is 1. The van der Waals surface area contributed by atoms with Gasteiger partial charge in [-0.3, -0.25) is 0 Å². The fraction of sp³-hybridized carbons (Fsp3) is 0.357. The largest absolute Gasteiger partial charge is 0.392 e. The van der Waals surface area contributed by atoms with Crippen molar-refractivity contribution in [1.29, 1.82) is 0 Å². The van der Waals surface area contributed by atoms with Crippen LogP contribution in [0.25, 0.3) is 0 Å². The third kappa shape index (κ3) is 3.38. The minimum atomic E-state index is 0.0895. The average molecular weight is 262 g/mol. The van der Waals surface area contributed by atoms with Crippen LogP contribution >= 0.6 is 11.3 Å². The molecule has 1 atom stereocenters. The molecule has 3 nitrogen and oxygen atoms in total. The number of nitrogens with zero attached hydrogens (tertiary/aromatic N) is 1. The first-order valence-corrected chi connectivity index (χ1v) is 6.85. The number of hydrogen-bond donors (Lipinski definition) is 2. The predicted octanol–water partition coefficient (Wildman–Crippen LogP) is 2.79. The summed E-state index contributed by atoms with van der Waals surface area (Å²) in [6.45, 7) is 5.06. The van der Waals surface area contributed by atoms with E-state index in [2.05, 4.69) is 30.2 Å². The van der Waals surface area contributed by atoms with Crippen molar-refractivity contribution in [3.05, 3.63) is 51.5 Å². The summed E-state index contributed by atoms with van der Waals surface area (Å²) in [4.78, 5) is 5.57. The molecular weight excluding hydrogens is 244 g/mol. The monoisotopic (exact) mass is 262 g/mol. The Labute approximate surface area is 112 Å². The summed E-state index contributed by atoms with van der Waals surface area (Å²) in [5, 5.41) is 13.7. The third-order valence-corrected chi connectivity index (χ3v) is 3.77. The third-order valence-electron chi connectivity index (χ3n) is 2.86. The molecule has 0 fully saturated rings. The maximum absolute atomic E-state index is 9.13. The van der Waals surface area contributed by atoms with Crippen LogP contribution in [0.5, 0.6) is 0 Å². The molecule has 4 heteroatoms. The van der Waals surface area contributed by atoms with Gasteiger partial charge >= 0.3 is 0 Å². The number of aryl methyl sites for hydroxylation is 1. The van der Waals surface area contributed by atoms with Crippen molar-refractivity contribution >= 4 is 11.3 Å². The highest BCUT2D eigenvalue weighted by molar-refractivity contribution is 7.11. The molecule has 0 amide bonds. The Kier molecular flexibility index (Phi) is 4.47. The predicted molar refractivity (Wildman–Crippen MR) is 74.5 cm³/mol. The lowest BCUT2D eigenvalue weighted by Gasteiger charge is -2.14. The van der Waals surface area contributed by atoms with Gasteiger partial charge in [0.05, 0.1) is 6.61 Å². The van der Waals surface area contributed by atoms with Gasteiger partial charge in [0.2, 0.25) is 0 Å². The first kappa shape index (κ1) is 13.2. The number of thiazole rings is 1. The van der Waals surface area contributed by atoms with E-state index in [1.807, 2.05) is 24.4 Å². The second-order valence-electron chi connectivity index (χ2n) is 4.37. The zero-order valence-electron chi connectivity index (χ0n) is 10.7. The maximum atomic E-state index is 9.13. The number of nitrogens with one attached hydrogen (secondary N) is 1. The summed E-state index contributed by atoms with van der Waals surface area (Å²) in [5.41, 5.74) is 2.14. The van der Waals surface area contributed by atoms with Crippen LogP contribution in [0.3, 0.4) is 0 Å². The highest BCUT2D eigenvalue weighted by atomic mass is 32.1. The number of aromatic nitrogens is 1. The molecule has 0 aliphatic carbocycles. The summed E-state index contributed by atoms with van der Waals surface area (Å²) in [6.07, 6.45) is 1.90. The SMILES string of the molecule is Cc1cnc(CNC(C)c2cccc(CO)c2)s1. The van der Waals surface area contributed by atoms with E-state index in [4.69, 9.17) is 5.11 Å². The maximum Gasteiger partial charge on any atom is 0.107 e. The minimum Gasteiger partial charge on any atom is -0.392 e. The average Bonchev–Trinajstić information content (AvgIpc) is 2.82. The molecule has 0 saturated carbocycles. The summed E-state index contributed by atoms with van der Waals surface area (Å²) < 4.78 is 0. The molecule has 1 aromatic carbocycles. The Hall–Kier alpha value is -1.23. The van der Waals surface area contributed by atoms with Gasteiger partial charge < -0.3 is 10.4 Å². The molecule has 0 aliphatic rings. The van der Waals surface area contributed by atoms with E-state index in [1.54, 1.807) is 11.3 Å². The van der Waals surface area contributed by atoms with E-state index in [-0.39, 0.29) is 12.6 Å². The number of aliphatic hydroxyl groups is 1. The molecule has 0 spiro atoms. The first-order valence-electron chi connectivity index (χ1n) is 6.03. The van der Waals surface area contributed by atoms with Gasteiger partial charge in [-0.1, -0.05) is 24.3 Å². The van der Waals surface area contributed by atoms with Gasteiger partial charge in [-0.2, -0.15) is 0 Å². The van der Waals surface area contributed by atoms with Crippen LogP contribution in [-0.4, -0.2) is 10.1 Å². The number of benzene rings is 1. The van der Waals surface area contributed by atoms with E-state index in [0.29, 0.717) is 0 Å². The zero-order valence-corrected chi connectivity index (χ0v) is 11.5. The van der Waals surface area contributed by atoms with Crippen molar-refractivity contribution in [2.45, 2.75) is 33.0 Å². The molecule has 18 heavy (non-hydrogen) atoms. The lowest BCUT2D eigenvalue weighted by Crippen LogP contribution is -2.18. The Balaban J connectivity index is 1.96. The highest BCUT2D eigenvalue weighted by Crippen LogP contribution is 2.16. The van der Waals surface area contributed by atoms with Crippen molar-refractivity contribution in [2.75, 3.05) is 0 Å². The number of rotatable bonds is 5. The molecule has 2 rings (SSSR count). The minimum absolute atomic E-state index is 0.0895. The molecule has 1 heterocycles. The molecule has 2 aromatic rings. The highest BCUT2D eigenvalue weighted by Gasteiger charge is 2.06. The quantitative estimate of drug-likeness (QED) is 0.871. The summed E-state index contributed by atoms with van der Waals surface area (Å²) in [6, 6.07) is 8.27. The van der Waals surface area contributed by atoms with Gasteiger partial charge in [-0.25, -0.2) is 4.98 Å². The Bertz CT molecular complexity index is 510. The molecule has 0 radical (unpaired) electrons. The topological polar surface area (TPSA) is 45.2 Å². The summed E-state index contributed by atoms with van der Waals surface area (Å²) in [7, 11) is 0. The van der Waals surface area contributed by atoms with E-state index < -0.39 is 0 Å². The Morgan fingerprint density at radius 3 is 2.94 bits per heavy atom. The van der Waals surface area contributed by atoms with Gasteiger partial charge in [0, 0.05) is 23.7 Å². The zero-order chi connectivity index (χ0) is 13.0. The molecule has 96 valence electrons. The lowest BCUT2D eigenvalue weighted by atomic mass is 10.1. The molecule has 1 unspecified atom stereocenters. The summed E-state index contributed by atoms with van der Waals surface area (Å²) in [5.74, 6) is 0. The van der Waals surface area contributed by atoms with E-state index in [0.717, 1.165) is 17.1 Å². The van der Waals surface area contributed by atoms with Crippen LogP contribution in [-0.2, 0) is 13.2 Å². The molecule has 0 aliphatic heterocycles. The molecule has 0 bridgehead atoms. The van der Waals surface area contributed by atoms with Crippen molar-refractivity contribution in [3.63, 3.8) is 0 Å². The fourth-order valence-corrected chi connectivity index (χ4v) is 2.54. The smallest absolute Gasteiger partial charge is 0.107 e. The van der Waals surface area contributed by atoms with Crippen molar-refractivity contribution in [1.82, 2.24) is 10.3 Å². The lowest BCUT2D eigenvalue weighted by molar-refractivity contribution is 0.281. The van der Waals surface area contributed by atoms with Gasteiger partial charge in [0.15, 0.2) is 0 Å². The standard InChI is InChI=1S/C14H18N2OS/c1-10-7-16-14(18-10)8-15-11(2)13-5-3-4-12(6-13)9-17/h3-7,11,15,17H,8-9H2,1-2H3. The second kappa shape index (κ2) is 6.09. The van der Waals surface area contributed by atoms with Gasteiger partial charge in [-0.05, 0) is 25.0 Å². The van der Waals surface area contributed by atoms with Crippen LogP contribution in [0.4, 0.5) is 0 Å². The molecule has 0 saturated heterocycles. The van der Waals surface area contributed by atoms with Crippen LogP contribution in [0.15, 0.2) is 30.5 Å². The molecular formula is C14H18N2OS. The van der Waals surface area contributed by atoms with Gasteiger partial charge in [-0.15, -0.1) is 11.3 Å². The summed E-state index contributed by atoms with van der Waals surface area (Å²) >= 11 is 1.72. The molecule has 2 N–H and O–H groups in total. The van der Waals surface area contributed by atoms with Crippen molar-refractivity contribution in [3.8, 4) is 0 Å². The fourth-order valence-electron chi connectivity index (χ4n) is 1.80.